The number of hydrogen-bond acceptors (Lipinski definition) is 8. The molecule has 11 nitrogen and oxygen atoms in total. The molecule has 0 amide bonds. The molecule has 1 unspecified atom stereocenters. The van der Waals surface area contributed by atoms with Crippen molar-refractivity contribution in [2.24, 2.45) is 5.92 Å². The van der Waals surface area contributed by atoms with Gasteiger partial charge in [-0.05, 0) is 31.5 Å². The van der Waals surface area contributed by atoms with E-state index in [2.05, 4.69) is 10.1 Å². The number of nitrogens with zero attached hydrogens (tertiary/aromatic N) is 1. The SMILES string of the molecule is Cc1cn([C@H]2C[C@H](COP(=O)(N[C@@H](C)C(=O)OCc3ccccc3)Oc3ccccc3)CO2)c(=O)[nH]c1=O. The molecule has 2 aromatic carbocycles. The van der Waals surface area contributed by atoms with Crippen LogP contribution in [0.5, 0.6) is 5.75 Å². The van der Waals surface area contributed by atoms with Crippen molar-refractivity contribution in [2.45, 2.75) is 39.1 Å². The van der Waals surface area contributed by atoms with Crippen molar-refractivity contribution in [3.8, 4) is 5.75 Å². The third-order valence-electron chi connectivity index (χ3n) is 5.89. The van der Waals surface area contributed by atoms with E-state index in [0.717, 1.165) is 5.56 Å². The highest BCUT2D eigenvalue weighted by molar-refractivity contribution is 7.52. The highest BCUT2D eigenvalue weighted by Crippen LogP contribution is 2.46. The largest absolute Gasteiger partial charge is 0.460 e. The van der Waals surface area contributed by atoms with Gasteiger partial charge >= 0.3 is 19.4 Å². The van der Waals surface area contributed by atoms with Crippen LogP contribution < -0.4 is 20.9 Å². The number of H-pyrrole nitrogens is 1. The third kappa shape index (κ3) is 7.29. The minimum atomic E-state index is -4.04. The molecule has 0 spiro atoms. The summed E-state index contributed by atoms with van der Waals surface area (Å²) in [7, 11) is -4.04. The second kappa shape index (κ2) is 12.4. The standard InChI is InChI=1S/C26H30N3O8P/c1-18-14-29(26(32)27-24(18)30)23-13-21(16-34-23)17-36-38(33,37-22-11-7-4-8-12-22)28-19(2)25(31)35-15-20-9-5-3-6-10-20/h3-12,14,19,21,23H,13,15-17H2,1-2H3,(H,28,33)(H,27,30,32)/t19-,21-,23+,38?/m0/s1. The Morgan fingerprint density at radius 1 is 1.16 bits per heavy atom. The quantitative estimate of drug-likeness (QED) is 0.276. The molecular weight excluding hydrogens is 513 g/mol. The Morgan fingerprint density at radius 3 is 2.55 bits per heavy atom. The van der Waals surface area contributed by atoms with Crippen molar-refractivity contribution < 1.29 is 27.9 Å². The lowest BCUT2D eigenvalue weighted by Crippen LogP contribution is -2.35. The lowest BCUT2D eigenvalue weighted by Gasteiger charge is -2.24. The number of nitrogens with one attached hydrogen (secondary N) is 2. The molecule has 12 heteroatoms. The molecule has 0 bridgehead atoms. The summed E-state index contributed by atoms with van der Waals surface area (Å²) in [6, 6.07) is 16.7. The molecule has 0 radical (unpaired) electrons. The van der Waals surface area contributed by atoms with Crippen LogP contribution in [-0.4, -0.2) is 34.8 Å². The van der Waals surface area contributed by atoms with Crippen LogP contribution in [-0.2, 0) is 30.0 Å². The maximum absolute atomic E-state index is 13.7. The molecule has 2 N–H and O–H groups in total. The van der Waals surface area contributed by atoms with E-state index in [-0.39, 0.29) is 25.7 Å². The second-order valence-corrected chi connectivity index (χ2v) is 10.7. The van der Waals surface area contributed by atoms with Crippen LogP contribution in [0.15, 0.2) is 76.4 Å². The van der Waals surface area contributed by atoms with E-state index in [1.807, 2.05) is 30.3 Å². The minimum Gasteiger partial charge on any atom is -0.460 e. The summed E-state index contributed by atoms with van der Waals surface area (Å²) >= 11 is 0. The van der Waals surface area contributed by atoms with Crippen LogP contribution in [0.4, 0.5) is 0 Å². The molecule has 202 valence electrons. The molecule has 1 aliphatic rings. The zero-order valence-corrected chi connectivity index (χ0v) is 22.0. The second-order valence-electron chi connectivity index (χ2n) is 9.01. The van der Waals surface area contributed by atoms with E-state index in [0.29, 0.717) is 17.7 Å². The molecule has 3 aromatic rings. The number of aromatic nitrogens is 2. The van der Waals surface area contributed by atoms with Gasteiger partial charge in [-0.1, -0.05) is 48.5 Å². The predicted molar refractivity (Wildman–Crippen MR) is 139 cm³/mol. The topological polar surface area (TPSA) is 138 Å². The number of ether oxygens (including phenoxy) is 2. The molecule has 0 aliphatic carbocycles. The summed E-state index contributed by atoms with van der Waals surface area (Å²) in [6.07, 6.45) is 1.22. The Kier molecular flexibility index (Phi) is 8.96. The van der Waals surface area contributed by atoms with E-state index in [4.69, 9.17) is 18.5 Å². The van der Waals surface area contributed by atoms with E-state index < -0.39 is 37.2 Å². The van der Waals surface area contributed by atoms with Crippen LogP contribution in [0.3, 0.4) is 0 Å². The Labute approximate surface area is 219 Å². The van der Waals surface area contributed by atoms with Gasteiger partial charge in [0, 0.05) is 24.1 Å². The fourth-order valence-electron chi connectivity index (χ4n) is 3.84. The minimum absolute atomic E-state index is 0.0313. The van der Waals surface area contributed by atoms with Gasteiger partial charge in [0.2, 0.25) is 0 Å². The molecule has 2 heterocycles. The number of carbonyl (C=O) groups is 1. The molecule has 38 heavy (non-hydrogen) atoms. The fraction of sp³-hybridized carbons (Fsp3) is 0.346. The van der Waals surface area contributed by atoms with Crippen LogP contribution in [0, 0.1) is 12.8 Å². The number of para-hydroxylation sites is 1. The number of aromatic amines is 1. The molecule has 1 fully saturated rings. The van der Waals surface area contributed by atoms with Gasteiger partial charge in [-0.15, -0.1) is 0 Å². The van der Waals surface area contributed by atoms with Crippen LogP contribution >= 0.6 is 7.75 Å². The highest BCUT2D eigenvalue weighted by Gasteiger charge is 2.35. The van der Waals surface area contributed by atoms with Gasteiger partial charge < -0.3 is 14.0 Å². The van der Waals surface area contributed by atoms with Crippen molar-refractivity contribution in [1.29, 1.82) is 0 Å². The van der Waals surface area contributed by atoms with Crippen molar-refractivity contribution in [1.82, 2.24) is 14.6 Å². The lowest BCUT2D eigenvalue weighted by atomic mass is 10.1. The lowest BCUT2D eigenvalue weighted by molar-refractivity contribution is -0.146. The summed E-state index contributed by atoms with van der Waals surface area (Å²) in [5.74, 6) is -0.551. The predicted octanol–water partition coefficient (Wildman–Crippen LogP) is 3.31. The first-order valence-corrected chi connectivity index (χ1v) is 13.7. The number of carbonyl (C=O) groups excluding carboxylic acids is 1. The maximum Gasteiger partial charge on any atom is 0.459 e. The number of hydrogen-bond donors (Lipinski definition) is 2. The first kappa shape index (κ1) is 27.5. The van der Waals surface area contributed by atoms with E-state index in [1.54, 1.807) is 37.3 Å². The van der Waals surface area contributed by atoms with E-state index in [1.165, 1.54) is 17.7 Å². The molecule has 1 saturated heterocycles. The Bertz CT molecular complexity index is 1390. The zero-order valence-electron chi connectivity index (χ0n) is 21.1. The van der Waals surface area contributed by atoms with Crippen molar-refractivity contribution in [2.75, 3.05) is 13.2 Å². The van der Waals surface area contributed by atoms with E-state index >= 15 is 0 Å². The van der Waals surface area contributed by atoms with Gasteiger partial charge in [0.15, 0.2) is 0 Å². The summed E-state index contributed by atoms with van der Waals surface area (Å²) in [6.45, 7) is 3.38. The smallest absolute Gasteiger partial charge is 0.459 e. The summed E-state index contributed by atoms with van der Waals surface area (Å²) in [5.41, 5.74) is 0.173. The monoisotopic (exact) mass is 543 g/mol. The zero-order chi connectivity index (χ0) is 27.1. The molecular formula is C26H30N3O8P. The summed E-state index contributed by atoms with van der Waals surface area (Å²) in [4.78, 5) is 38.7. The normalized spacial score (nSPS) is 19.4. The Morgan fingerprint density at radius 2 is 1.84 bits per heavy atom. The first-order chi connectivity index (χ1) is 18.2. The molecule has 1 aromatic heterocycles. The van der Waals surface area contributed by atoms with Gasteiger partial charge in [0.25, 0.3) is 5.56 Å². The Balaban J connectivity index is 1.40. The first-order valence-electron chi connectivity index (χ1n) is 12.1. The van der Waals surface area contributed by atoms with Crippen LogP contribution in [0.1, 0.15) is 30.7 Å². The highest BCUT2D eigenvalue weighted by atomic mass is 31.2. The van der Waals surface area contributed by atoms with Gasteiger partial charge in [-0.2, -0.15) is 5.09 Å². The number of aryl methyl sites for hydroxylation is 1. The summed E-state index contributed by atoms with van der Waals surface area (Å²) in [5, 5.41) is 2.67. The van der Waals surface area contributed by atoms with Gasteiger partial charge in [0.1, 0.15) is 24.6 Å². The number of rotatable bonds is 11. The van der Waals surface area contributed by atoms with Gasteiger partial charge in [0.05, 0.1) is 13.2 Å². The van der Waals surface area contributed by atoms with Gasteiger partial charge in [-0.3, -0.25) is 23.7 Å². The fourth-order valence-corrected chi connectivity index (χ4v) is 5.40. The van der Waals surface area contributed by atoms with Crippen molar-refractivity contribution >= 4 is 13.7 Å². The van der Waals surface area contributed by atoms with Crippen molar-refractivity contribution in [3.63, 3.8) is 0 Å². The molecule has 4 atom stereocenters. The third-order valence-corrected chi connectivity index (χ3v) is 7.54. The van der Waals surface area contributed by atoms with Crippen LogP contribution in [0.25, 0.3) is 0 Å². The molecule has 0 saturated carbocycles. The van der Waals surface area contributed by atoms with Crippen LogP contribution in [0.2, 0.25) is 0 Å². The van der Waals surface area contributed by atoms with E-state index in [9.17, 15) is 18.9 Å². The van der Waals surface area contributed by atoms with Crippen molar-refractivity contribution in [3.05, 3.63) is 98.8 Å². The number of esters is 1. The molecule has 4 rings (SSSR count). The number of benzene rings is 2. The average molecular weight is 544 g/mol. The molecule has 1 aliphatic heterocycles. The maximum atomic E-state index is 13.7. The Hall–Kier alpha value is -3.50. The average Bonchev–Trinajstić information content (AvgIpc) is 3.38. The summed E-state index contributed by atoms with van der Waals surface area (Å²) < 4.78 is 37.6. The van der Waals surface area contributed by atoms with Gasteiger partial charge in [-0.25, -0.2) is 9.36 Å².